The van der Waals surface area contributed by atoms with Gasteiger partial charge >= 0.3 is 0 Å². The van der Waals surface area contributed by atoms with Crippen LogP contribution < -0.4 is 9.62 Å². The van der Waals surface area contributed by atoms with E-state index in [9.17, 15) is 13.2 Å². The summed E-state index contributed by atoms with van der Waals surface area (Å²) in [5, 5.41) is 6.02. The maximum atomic E-state index is 13.0. The van der Waals surface area contributed by atoms with Crippen LogP contribution in [0.1, 0.15) is 10.4 Å². The molecule has 1 N–H and O–H groups in total. The van der Waals surface area contributed by atoms with Crippen molar-refractivity contribution in [3.63, 3.8) is 0 Å². The first kappa shape index (κ1) is 19.6. The number of nitrogens with zero attached hydrogens (tertiary/aromatic N) is 3. The average molecular weight is 453 g/mol. The van der Waals surface area contributed by atoms with E-state index in [0.717, 1.165) is 22.2 Å². The van der Waals surface area contributed by atoms with Gasteiger partial charge in [-0.15, -0.1) is 0 Å². The van der Waals surface area contributed by atoms with Crippen molar-refractivity contribution < 1.29 is 13.2 Å². The number of halogens is 1. The topological polar surface area (TPSA) is 84.3 Å². The number of sulfonamides is 1. The molecule has 3 aromatic carbocycles. The Morgan fingerprint density at radius 1 is 1.00 bits per heavy atom. The molecule has 4 aromatic rings. The molecule has 0 bridgehead atoms. The van der Waals surface area contributed by atoms with Crippen LogP contribution in [-0.2, 0) is 17.1 Å². The zero-order valence-electron chi connectivity index (χ0n) is 16.6. The van der Waals surface area contributed by atoms with Crippen LogP contribution in [0.25, 0.3) is 21.9 Å². The summed E-state index contributed by atoms with van der Waals surface area (Å²) in [7, 11) is -0.332. The number of benzene rings is 3. The molecule has 7 nitrogen and oxygen atoms in total. The monoisotopic (exact) mass is 452 g/mol. The van der Waals surface area contributed by atoms with Gasteiger partial charge in [0.15, 0.2) is 0 Å². The zero-order valence-corrected chi connectivity index (χ0v) is 18.2. The number of hydrogen-bond acceptors (Lipinski definition) is 4. The number of aromatic nitrogens is 2. The normalized spacial score (nSPS) is 13.3. The van der Waals surface area contributed by atoms with Crippen LogP contribution in [0.3, 0.4) is 0 Å². The molecule has 0 fully saturated rings. The standard InChI is InChI=1S/C22H17ClN4O3S/c1-26-12-14(11-24-26)13-9-17-19(25-31(29,30)16-5-3-15(23)4-6-16)7-8-20-21(17)18(10-13)22(28)27(20)2/h3-12,25H,1-2H3. The SMILES string of the molecule is CN1C(=O)c2cc(-c3cnn(C)c3)cc3c(NS(=O)(=O)c4ccc(Cl)cc4)ccc1c23. The third-order valence-corrected chi connectivity index (χ3v) is 7.03. The smallest absolute Gasteiger partial charge is 0.261 e. The van der Waals surface area contributed by atoms with Crippen LogP contribution in [0.2, 0.25) is 5.02 Å². The van der Waals surface area contributed by atoms with Crippen molar-refractivity contribution in [2.75, 3.05) is 16.7 Å². The van der Waals surface area contributed by atoms with Gasteiger partial charge in [0.05, 0.1) is 28.0 Å². The molecule has 0 radical (unpaired) electrons. The van der Waals surface area contributed by atoms with Gasteiger partial charge in [-0.05, 0) is 54.1 Å². The van der Waals surface area contributed by atoms with Crippen molar-refractivity contribution in [1.82, 2.24) is 9.78 Å². The second-order valence-corrected chi connectivity index (χ2v) is 9.52. The van der Waals surface area contributed by atoms with Crippen LogP contribution in [-0.4, -0.2) is 31.2 Å². The quantitative estimate of drug-likeness (QED) is 0.500. The fourth-order valence-corrected chi connectivity index (χ4v) is 5.05. The Balaban J connectivity index is 1.71. The summed E-state index contributed by atoms with van der Waals surface area (Å²) in [6.07, 6.45) is 3.55. The molecule has 0 aliphatic carbocycles. The van der Waals surface area contributed by atoms with Crippen molar-refractivity contribution in [1.29, 1.82) is 0 Å². The molecule has 0 unspecified atom stereocenters. The van der Waals surface area contributed by atoms with Gasteiger partial charge in [-0.3, -0.25) is 14.2 Å². The lowest BCUT2D eigenvalue weighted by Crippen LogP contribution is -2.20. The second-order valence-electron chi connectivity index (χ2n) is 7.40. The zero-order chi connectivity index (χ0) is 21.9. The van der Waals surface area contributed by atoms with Crippen LogP contribution in [0.15, 0.2) is 65.8 Å². The van der Waals surface area contributed by atoms with E-state index in [1.165, 1.54) is 24.3 Å². The van der Waals surface area contributed by atoms with Crippen molar-refractivity contribution in [2.24, 2.45) is 7.05 Å². The molecule has 0 saturated carbocycles. The lowest BCUT2D eigenvalue weighted by atomic mass is 9.98. The third kappa shape index (κ3) is 3.15. The van der Waals surface area contributed by atoms with Crippen LogP contribution in [0.4, 0.5) is 11.4 Å². The maximum Gasteiger partial charge on any atom is 0.261 e. The first-order valence-electron chi connectivity index (χ1n) is 9.41. The largest absolute Gasteiger partial charge is 0.311 e. The summed E-state index contributed by atoms with van der Waals surface area (Å²) in [5.41, 5.74) is 3.27. The lowest BCUT2D eigenvalue weighted by molar-refractivity contribution is 0.0999. The van der Waals surface area contributed by atoms with E-state index in [4.69, 9.17) is 11.6 Å². The number of nitrogens with one attached hydrogen (secondary N) is 1. The number of carbonyl (C=O) groups excluding carboxylic acids is 1. The van der Waals surface area contributed by atoms with E-state index in [0.29, 0.717) is 21.7 Å². The molecule has 1 aromatic heterocycles. The average Bonchev–Trinajstić information content (AvgIpc) is 3.28. The summed E-state index contributed by atoms with van der Waals surface area (Å²) in [6.45, 7) is 0. The van der Waals surface area contributed by atoms with Gasteiger partial charge in [-0.2, -0.15) is 5.10 Å². The molecule has 1 aliphatic heterocycles. The fraction of sp³-hybridized carbons (Fsp3) is 0.0909. The molecule has 2 heterocycles. The number of anilines is 2. The minimum Gasteiger partial charge on any atom is -0.311 e. The number of amides is 1. The summed E-state index contributed by atoms with van der Waals surface area (Å²) in [4.78, 5) is 14.5. The Labute approximate surface area is 183 Å². The molecule has 0 saturated heterocycles. The van der Waals surface area contributed by atoms with Crippen molar-refractivity contribution in [3.05, 3.63) is 71.5 Å². The van der Waals surface area contributed by atoms with E-state index in [-0.39, 0.29) is 10.8 Å². The predicted molar refractivity (Wildman–Crippen MR) is 121 cm³/mol. The Kier molecular flexibility index (Phi) is 4.32. The van der Waals surface area contributed by atoms with Gasteiger partial charge in [0.25, 0.3) is 15.9 Å². The molecule has 0 spiro atoms. The molecule has 9 heteroatoms. The number of aryl methyl sites for hydroxylation is 1. The summed E-state index contributed by atoms with van der Waals surface area (Å²) in [5.74, 6) is -0.136. The molecular formula is C22H17ClN4O3S. The second kappa shape index (κ2) is 6.83. The minimum atomic E-state index is -3.85. The van der Waals surface area contributed by atoms with Crippen molar-refractivity contribution >= 4 is 49.7 Å². The van der Waals surface area contributed by atoms with Crippen molar-refractivity contribution in [3.8, 4) is 11.1 Å². The van der Waals surface area contributed by atoms with Crippen LogP contribution in [0.5, 0.6) is 0 Å². The summed E-state index contributed by atoms with van der Waals surface area (Å²) < 4.78 is 30.3. The molecular weight excluding hydrogens is 436 g/mol. The van der Waals surface area contributed by atoms with Crippen LogP contribution >= 0.6 is 11.6 Å². The number of hydrogen-bond donors (Lipinski definition) is 1. The Bertz CT molecular complexity index is 1480. The Hall–Kier alpha value is -3.36. The fourth-order valence-electron chi connectivity index (χ4n) is 3.85. The minimum absolute atomic E-state index is 0.0980. The van der Waals surface area contributed by atoms with E-state index >= 15 is 0 Å². The molecule has 31 heavy (non-hydrogen) atoms. The highest BCUT2D eigenvalue weighted by Crippen LogP contribution is 2.42. The Morgan fingerprint density at radius 3 is 2.42 bits per heavy atom. The highest BCUT2D eigenvalue weighted by atomic mass is 35.5. The molecule has 156 valence electrons. The molecule has 5 rings (SSSR count). The van der Waals surface area contributed by atoms with E-state index < -0.39 is 10.0 Å². The van der Waals surface area contributed by atoms with Gasteiger partial charge in [-0.1, -0.05) is 11.6 Å². The molecule has 0 atom stereocenters. The lowest BCUT2D eigenvalue weighted by Gasteiger charge is -2.14. The van der Waals surface area contributed by atoms with E-state index in [1.54, 1.807) is 35.0 Å². The van der Waals surface area contributed by atoms with E-state index in [1.807, 2.05) is 25.4 Å². The third-order valence-electron chi connectivity index (χ3n) is 5.40. The van der Waals surface area contributed by atoms with E-state index in [2.05, 4.69) is 9.82 Å². The highest BCUT2D eigenvalue weighted by molar-refractivity contribution is 7.92. The van der Waals surface area contributed by atoms with Gasteiger partial charge in [0.1, 0.15) is 0 Å². The van der Waals surface area contributed by atoms with Crippen LogP contribution in [0, 0.1) is 0 Å². The van der Waals surface area contributed by atoms with Gasteiger partial charge in [-0.25, -0.2) is 8.42 Å². The number of carbonyl (C=O) groups is 1. The number of rotatable bonds is 4. The summed E-state index contributed by atoms with van der Waals surface area (Å²) in [6, 6.07) is 13.1. The van der Waals surface area contributed by atoms with Gasteiger partial charge in [0, 0.05) is 41.7 Å². The van der Waals surface area contributed by atoms with Gasteiger partial charge in [0.2, 0.25) is 0 Å². The molecule has 1 aliphatic rings. The van der Waals surface area contributed by atoms with Crippen molar-refractivity contribution in [2.45, 2.75) is 4.90 Å². The summed E-state index contributed by atoms with van der Waals surface area (Å²) >= 11 is 5.89. The van der Waals surface area contributed by atoms with Gasteiger partial charge < -0.3 is 4.90 Å². The first-order valence-corrected chi connectivity index (χ1v) is 11.3. The Morgan fingerprint density at radius 2 is 1.74 bits per heavy atom. The predicted octanol–water partition coefficient (Wildman–Crippen LogP) is 4.28. The maximum absolute atomic E-state index is 13.0. The highest BCUT2D eigenvalue weighted by Gasteiger charge is 2.29. The first-order chi connectivity index (χ1) is 14.7. The molecule has 1 amide bonds.